The molecule has 0 saturated heterocycles. The first-order chi connectivity index (χ1) is 8.91. The summed E-state index contributed by atoms with van der Waals surface area (Å²) in [5.74, 6) is 0.795. The maximum atomic E-state index is 11.2. The number of ether oxygens (including phenoxy) is 1. The van der Waals surface area contributed by atoms with E-state index in [1.807, 2.05) is 6.92 Å². The van der Waals surface area contributed by atoms with Gasteiger partial charge in [-0.2, -0.15) is 0 Å². The first-order valence-corrected chi connectivity index (χ1v) is 6.65. The van der Waals surface area contributed by atoms with Crippen molar-refractivity contribution in [1.29, 1.82) is 0 Å². The number of aryl methyl sites for hydroxylation is 3. The van der Waals surface area contributed by atoms with E-state index in [9.17, 15) is 4.79 Å². The number of hydrogen-bond acceptors (Lipinski definition) is 3. The molecule has 1 aromatic carbocycles. The van der Waals surface area contributed by atoms with E-state index in [-0.39, 0.29) is 5.91 Å². The summed E-state index contributed by atoms with van der Waals surface area (Å²) >= 11 is 0. The first-order valence-electron chi connectivity index (χ1n) is 6.65. The van der Waals surface area contributed by atoms with Gasteiger partial charge in [-0.1, -0.05) is 6.07 Å². The van der Waals surface area contributed by atoms with Crippen molar-refractivity contribution in [3.05, 3.63) is 28.8 Å². The van der Waals surface area contributed by atoms with Gasteiger partial charge >= 0.3 is 0 Å². The third-order valence-electron chi connectivity index (χ3n) is 3.08. The van der Waals surface area contributed by atoms with Crippen LogP contribution in [0.2, 0.25) is 0 Å². The summed E-state index contributed by atoms with van der Waals surface area (Å²) in [6.07, 6.45) is 0.769. The smallest absolute Gasteiger partial charge is 0.236 e. The van der Waals surface area contributed by atoms with Gasteiger partial charge in [0, 0.05) is 6.54 Å². The van der Waals surface area contributed by atoms with E-state index in [0.717, 1.165) is 17.7 Å². The number of rotatable bonds is 6. The molecule has 0 spiro atoms. The highest BCUT2D eigenvalue weighted by Crippen LogP contribution is 2.22. The zero-order valence-corrected chi connectivity index (χ0v) is 12.2. The number of nitrogens with one attached hydrogen (secondary N) is 1. The molecule has 0 aliphatic rings. The van der Waals surface area contributed by atoms with Gasteiger partial charge in [-0.05, 0) is 56.9 Å². The predicted octanol–water partition coefficient (Wildman–Crippen LogP) is 1.84. The number of nitrogens with two attached hydrogens (primary N) is 1. The third kappa shape index (κ3) is 4.91. The van der Waals surface area contributed by atoms with Crippen molar-refractivity contribution in [2.75, 3.05) is 13.2 Å². The summed E-state index contributed by atoms with van der Waals surface area (Å²) in [6.45, 7) is 9.05. The van der Waals surface area contributed by atoms with E-state index >= 15 is 0 Å². The molecule has 106 valence electrons. The number of amides is 1. The van der Waals surface area contributed by atoms with Crippen molar-refractivity contribution in [2.24, 2.45) is 5.73 Å². The van der Waals surface area contributed by atoms with Gasteiger partial charge in [0.2, 0.25) is 5.91 Å². The molecule has 1 amide bonds. The minimum atomic E-state index is -0.456. The minimum Gasteiger partial charge on any atom is -0.493 e. The monoisotopic (exact) mass is 264 g/mol. The van der Waals surface area contributed by atoms with E-state index in [0.29, 0.717) is 13.2 Å². The lowest BCUT2D eigenvalue weighted by Gasteiger charge is -2.12. The van der Waals surface area contributed by atoms with Gasteiger partial charge in [0.1, 0.15) is 5.75 Å². The number of benzene rings is 1. The fourth-order valence-corrected chi connectivity index (χ4v) is 1.72. The highest BCUT2D eigenvalue weighted by Gasteiger charge is 2.06. The molecule has 0 saturated carbocycles. The van der Waals surface area contributed by atoms with Gasteiger partial charge in [0.25, 0.3) is 0 Å². The van der Waals surface area contributed by atoms with Crippen LogP contribution in [0.5, 0.6) is 5.75 Å². The summed E-state index contributed by atoms with van der Waals surface area (Å²) in [6, 6.07) is 3.73. The number of carbonyl (C=O) groups excluding carboxylic acids is 1. The van der Waals surface area contributed by atoms with E-state index in [1.54, 1.807) is 6.92 Å². The third-order valence-corrected chi connectivity index (χ3v) is 3.08. The highest BCUT2D eigenvalue weighted by atomic mass is 16.5. The standard InChI is InChI=1S/C15H24N2O2/c1-10-8-12(3)14(9-11(10)2)19-7-5-6-17-15(18)13(4)16/h8-9,13H,5-7,16H2,1-4H3,(H,17,18). The lowest BCUT2D eigenvalue weighted by molar-refractivity contribution is -0.121. The molecule has 0 radical (unpaired) electrons. The Balaban J connectivity index is 2.34. The number of hydrogen-bond donors (Lipinski definition) is 2. The zero-order valence-electron chi connectivity index (χ0n) is 12.2. The highest BCUT2D eigenvalue weighted by molar-refractivity contribution is 5.80. The molecule has 1 rings (SSSR count). The molecule has 3 N–H and O–H groups in total. The Bertz CT molecular complexity index is 442. The topological polar surface area (TPSA) is 64.3 Å². The van der Waals surface area contributed by atoms with E-state index in [1.165, 1.54) is 11.1 Å². The summed E-state index contributed by atoms with van der Waals surface area (Å²) in [7, 11) is 0. The van der Waals surface area contributed by atoms with Crippen molar-refractivity contribution in [3.8, 4) is 5.75 Å². The van der Waals surface area contributed by atoms with Crippen LogP contribution < -0.4 is 15.8 Å². The Morgan fingerprint density at radius 1 is 1.26 bits per heavy atom. The summed E-state index contributed by atoms with van der Waals surface area (Å²) < 4.78 is 5.73. The second-order valence-corrected chi connectivity index (χ2v) is 4.98. The molecule has 1 atom stereocenters. The lowest BCUT2D eigenvalue weighted by atomic mass is 10.1. The van der Waals surface area contributed by atoms with E-state index in [4.69, 9.17) is 10.5 Å². The first kappa shape index (κ1) is 15.5. The van der Waals surface area contributed by atoms with Crippen molar-refractivity contribution >= 4 is 5.91 Å². The average Bonchev–Trinajstić information content (AvgIpc) is 2.34. The van der Waals surface area contributed by atoms with E-state index in [2.05, 4.69) is 31.3 Å². The van der Waals surface area contributed by atoms with Crippen LogP contribution in [0.3, 0.4) is 0 Å². The SMILES string of the molecule is Cc1cc(C)c(OCCCNC(=O)C(C)N)cc1C. The largest absolute Gasteiger partial charge is 0.493 e. The second-order valence-electron chi connectivity index (χ2n) is 4.98. The maximum absolute atomic E-state index is 11.2. The normalized spacial score (nSPS) is 12.1. The molecular weight excluding hydrogens is 240 g/mol. The Hall–Kier alpha value is -1.55. The van der Waals surface area contributed by atoms with Crippen molar-refractivity contribution < 1.29 is 9.53 Å². The lowest BCUT2D eigenvalue weighted by Crippen LogP contribution is -2.38. The summed E-state index contributed by atoms with van der Waals surface area (Å²) in [5.41, 5.74) is 9.09. The molecule has 0 aliphatic heterocycles. The Morgan fingerprint density at radius 3 is 2.53 bits per heavy atom. The Morgan fingerprint density at radius 2 is 1.89 bits per heavy atom. The van der Waals surface area contributed by atoms with Crippen LogP contribution in [0, 0.1) is 20.8 Å². The molecule has 0 heterocycles. The van der Waals surface area contributed by atoms with Crippen molar-refractivity contribution in [1.82, 2.24) is 5.32 Å². The van der Waals surface area contributed by atoms with E-state index < -0.39 is 6.04 Å². The van der Waals surface area contributed by atoms with Crippen LogP contribution in [-0.2, 0) is 4.79 Å². The second kappa shape index (κ2) is 7.14. The maximum Gasteiger partial charge on any atom is 0.236 e. The summed E-state index contributed by atoms with van der Waals surface area (Å²) in [4.78, 5) is 11.2. The average molecular weight is 264 g/mol. The van der Waals surface area contributed by atoms with Gasteiger partial charge in [-0.25, -0.2) is 0 Å². The Kier molecular flexibility index (Phi) is 5.83. The van der Waals surface area contributed by atoms with Gasteiger partial charge in [-0.3, -0.25) is 4.79 Å². The fourth-order valence-electron chi connectivity index (χ4n) is 1.72. The molecule has 0 bridgehead atoms. The van der Waals surface area contributed by atoms with Crippen LogP contribution in [0.15, 0.2) is 12.1 Å². The molecule has 4 heteroatoms. The fraction of sp³-hybridized carbons (Fsp3) is 0.533. The van der Waals surface area contributed by atoms with Crippen LogP contribution >= 0.6 is 0 Å². The predicted molar refractivity (Wildman–Crippen MR) is 77.4 cm³/mol. The molecule has 19 heavy (non-hydrogen) atoms. The molecule has 1 unspecified atom stereocenters. The summed E-state index contributed by atoms with van der Waals surface area (Å²) in [5, 5.41) is 2.76. The molecule has 0 aliphatic carbocycles. The van der Waals surface area contributed by atoms with Crippen LogP contribution in [0.1, 0.15) is 30.0 Å². The van der Waals surface area contributed by atoms with Crippen LogP contribution in [0.25, 0.3) is 0 Å². The molecule has 0 fully saturated rings. The van der Waals surface area contributed by atoms with Crippen LogP contribution in [-0.4, -0.2) is 25.1 Å². The zero-order chi connectivity index (χ0) is 14.4. The van der Waals surface area contributed by atoms with Gasteiger partial charge in [-0.15, -0.1) is 0 Å². The quantitative estimate of drug-likeness (QED) is 0.771. The Labute approximate surface area is 115 Å². The van der Waals surface area contributed by atoms with Gasteiger partial charge in [0.05, 0.1) is 12.6 Å². The van der Waals surface area contributed by atoms with Crippen LogP contribution in [0.4, 0.5) is 0 Å². The molecular formula is C15H24N2O2. The van der Waals surface area contributed by atoms with Gasteiger partial charge < -0.3 is 15.8 Å². The minimum absolute atomic E-state index is 0.123. The molecule has 4 nitrogen and oxygen atoms in total. The van der Waals surface area contributed by atoms with Crippen molar-refractivity contribution in [2.45, 2.75) is 40.2 Å². The molecule has 1 aromatic rings. The van der Waals surface area contributed by atoms with Gasteiger partial charge in [0.15, 0.2) is 0 Å². The molecule has 0 aromatic heterocycles. The number of carbonyl (C=O) groups is 1. The van der Waals surface area contributed by atoms with Crippen molar-refractivity contribution in [3.63, 3.8) is 0 Å².